The molecule has 2 N–H and O–H groups in total. The second kappa shape index (κ2) is 11.4. The number of amides is 1. The Morgan fingerprint density at radius 3 is 2.62 bits per heavy atom. The van der Waals surface area contributed by atoms with Gasteiger partial charge in [-0.1, -0.05) is 22.9 Å². The predicted octanol–water partition coefficient (Wildman–Crippen LogP) is 3.76. The molecule has 3 aromatic rings. The molecule has 37 heavy (non-hydrogen) atoms. The van der Waals surface area contributed by atoms with Crippen LogP contribution < -0.4 is 10.2 Å². The van der Waals surface area contributed by atoms with E-state index in [1.165, 1.54) is 30.4 Å². The number of nitrogens with one attached hydrogen (secondary N) is 1. The van der Waals surface area contributed by atoms with Crippen LogP contribution in [0.2, 0.25) is 5.02 Å². The number of halogens is 1. The highest BCUT2D eigenvalue weighted by atomic mass is 35.5. The number of hydrogen-bond donors (Lipinski definition) is 2. The Hall–Kier alpha value is -2.64. The average Bonchev–Trinajstić information content (AvgIpc) is 3.60. The van der Waals surface area contributed by atoms with E-state index in [-0.39, 0.29) is 18.1 Å². The molecule has 10 nitrogen and oxygen atoms in total. The fraction of sp³-hybridized carbons (Fsp3) is 0.458. The second-order valence-corrected chi connectivity index (χ2v) is 11.7. The lowest BCUT2D eigenvalue weighted by Gasteiger charge is -2.34. The van der Waals surface area contributed by atoms with Crippen molar-refractivity contribution in [1.29, 1.82) is 0 Å². The van der Waals surface area contributed by atoms with Gasteiger partial charge in [0.1, 0.15) is 11.5 Å². The molecule has 2 fully saturated rings. The number of thiazole rings is 1. The number of likely N-dealkylation sites (tertiary alicyclic amines) is 1. The van der Waals surface area contributed by atoms with E-state index in [0.29, 0.717) is 48.2 Å². The van der Waals surface area contributed by atoms with Crippen molar-refractivity contribution in [2.24, 2.45) is 0 Å². The third kappa shape index (κ3) is 6.27. The van der Waals surface area contributed by atoms with Gasteiger partial charge in [0.15, 0.2) is 5.13 Å². The van der Waals surface area contributed by atoms with Crippen LogP contribution in [0, 0.1) is 0 Å². The van der Waals surface area contributed by atoms with Crippen molar-refractivity contribution >= 4 is 57.1 Å². The molecule has 0 aromatic carbocycles. The highest BCUT2D eigenvalue weighted by Crippen LogP contribution is 2.37. The average molecular weight is 562 g/mol. The quantitative estimate of drug-likeness (QED) is 0.424. The van der Waals surface area contributed by atoms with Crippen LogP contribution in [0.25, 0.3) is 10.6 Å². The van der Waals surface area contributed by atoms with Crippen LogP contribution in [0.1, 0.15) is 35.1 Å². The summed E-state index contributed by atoms with van der Waals surface area (Å²) in [6.45, 7) is 6.70. The standard InChI is InChI=1S/C24H28ClN7O3S2/c1-15-3-2-4-32(15)12-19-22(18-9-16(25)14-36-18)28-24(37-19)29-23(35)17-10-27-20(11-26-17)31-7-5-30(6-8-31)13-21(33)34/h9-11,14-15H,2-8,12-13H2,1H3,(H,33,34)(H,28,29,35). The molecule has 196 valence electrons. The van der Waals surface area contributed by atoms with Gasteiger partial charge in [0.2, 0.25) is 0 Å². The summed E-state index contributed by atoms with van der Waals surface area (Å²) < 4.78 is 0. The Morgan fingerprint density at radius 1 is 1.19 bits per heavy atom. The monoisotopic (exact) mass is 561 g/mol. The fourth-order valence-corrected chi connectivity index (χ4v) is 6.80. The summed E-state index contributed by atoms with van der Waals surface area (Å²) in [7, 11) is 0. The molecule has 3 aromatic heterocycles. The summed E-state index contributed by atoms with van der Waals surface area (Å²) >= 11 is 9.21. The van der Waals surface area contributed by atoms with Crippen molar-refractivity contribution in [3.05, 3.63) is 39.4 Å². The Labute approximate surface area is 227 Å². The molecule has 0 aliphatic carbocycles. The van der Waals surface area contributed by atoms with Gasteiger partial charge in [-0.05, 0) is 32.4 Å². The van der Waals surface area contributed by atoms with E-state index in [0.717, 1.165) is 28.5 Å². The van der Waals surface area contributed by atoms with E-state index in [9.17, 15) is 9.59 Å². The Bertz CT molecular complexity index is 1260. The Kier molecular flexibility index (Phi) is 8.01. The Morgan fingerprint density at radius 2 is 2.00 bits per heavy atom. The van der Waals surface area contributed by atoms with Crippen LogP contribution in [-0.2, 0) is 11.3 Å². The van der Waals surface area contributed by atoms with Crippen molar-refractivity contribution in [3.63, 3.8) is 0 Å². The molecule has 5 rings (SSSR count). The number of piperazine rings is 1. The number of nitrogens with zero attached hydrogens (tertiary/aromatic N) is 6. The first-order chi connectivity index (χ1) is 17.9. The van der Waals surface area contributed by atoms with Crippen molar-refractivity contribution in [1.82, 2.24) is 24.8 Å². The first-order valence-electron chi connectivity index (χ1n) is 12.2. The SMILES string of the molecule is CC1CCCN1Cc1sc(NC(=O)c2cnc(N3CCN(CC(=O)O)CC3)cn2)nc1-c1cc(Cl)cs1. The van der Waals surface area contributed by atoms with Gasteiger partial charge in [-0.3, -0.25) is 24.7 Å². The van der Waals surface area contributed by atoms with Crippen molar-refractivity contribution in [3.8, 4) is 10.6 Å². The van der Waals surface area contributed by atoms with Crippen LogP contribution in [0.4, 0.5) is 10.9 Å². The maximum absolute atomic E-state index is 13.0. The van der Waals surface area contributed by atoms with Crippen LogP contribution in [0.15, 0.2) is 23.8 Å². The van der Waals surface area contributed by atoms with E-state index in [1.807, 2.05) is 21.2 Å². The molecule has 1 atom stereocenters. The number of aliphatic carboxylic acids is 1. The normalized spacial score (nSPS) is 18.9. The van der Waals surface area contributed by atoms with Crippen LogP contribution in [0.5, 0.6) is 0 Å². The predicted molar refractivity (Wildman–Crippen MR) is 146 cm³/mol. The maximum Gasteiger partial charge on any atom is 0.317 e. The molecule has 2 aliphatic heterocycles. The van der Waals surface area contributed by atoms with E-state index in [1.54, 1.807) is 17.5 Å². The molecular weight excluding hydrogens is 534 g/mol. The number of hydrogen-bond acceptors (Lipinski definition) is 10. The summed E-state index contributed by atoms with van der Waals surface area (Å²) in [5.74, 6) is -0.525. The summed E-state index contributed by atoms with van der Waals surface area (Å²) in [6, 6.07) is 2.43. The van der Waals surface area contributed by atoms with E-state index < -0.39 is 5.97 Å². The van der Waals surface area contributed by atoms with Crippen LogP contribution >= 0.6 is 34.3 Å². The van der Waals surface area contributed by atoms with Gasteiger partial charge >= 0.3 is 5.97 Å². The molecule has 0 radical (unpaired) electrons. The van der Waals surface area contributed by atoms with Crippen molar-refractivity contribution in [2.75, 3.05) is 49.5 Å². The van der Waals surface area contributed by atoms with Gasteiger partial charge in [0.25, 0.3) is 5.91 Å². The third-order valence-corrected chi connectivity index (χ3v) is 8.92. The minimum absolute atomic E-state index is 0.0371. The zero-order valence-corrected chi connectivity index (χ0v) is 22.8. The first-order valence-corrected chi connectivity index (χ1v) is 14.2. The van der Waals surface area contributed by atoms with Crippen LogP contribution in [0.3, 0.4) is 0 Å². The molecule has 1 unspecified atom stereocenters. The van der Waals surface area contributed by atoms with Gasteiger partial charge in [0, 0.05) is 49.0 Å². The molecule has 1 amide bonds. The number of carbonyl (C=O) groups excluding carboxylic acids is 1. The number of aromatic nitrogens is 3. The number of anilines is 2. The molecule has 2 saturated heterocycles. The zero-order chi connectivity index (χ0) is 25.9. The third-order valence-electron chi connectivity index (χ3n) is 6.68. The minimum atomic E-state index is -0.826. The van der Waals surface area contributed by atoms with Crippen molar-refractivity contribution < 1.29 is 14.7 Å². The van der Waals surface area contributed by atoms with Gasteiger partial charge in [-0.2, -0.15) is 0 Å². The maximum atomic E-state index is 13.0. The zero-order valence-electron chi connectivity index (χ0n) is 20.4. The highest BCUT2D eigenvalue weighted by Gasteiger charge is 2.25. The topological polar surface area (TPSA) is 115 Å². The van der Waals surface area contributed by atoms with Crippen molar-refractivity contribution in [2.45, 2.75) is 32.4 Å². The van der Waals surface area contributed by atoms with Gasteiger partial charge in [-0.25, -0.2) is 15.0 Å². The molecule has 0 bridgehead atoms. The van der Waals surface area contributed by atoms with E-state index in [2.05, 4.69) is 27.1 Å². The van der Waals surface area contributed by atoms with Crippen LogP contribution in [-0.4, -0.2) is 87.0 Å². The Balaban J connectivity index is 1.26. The first kappa shape index (κ1) is 26.0. The number of thiophene rings is 1. The molecule has 13 heteroatoms. The lowest BCUT2D eigenvalue weighted by molar-refractivity contribution is -0.138. The molecule has 5 heterocycles. The lowest BCUT2D eigenvalue weighted by atomic mass is 10.2. The van der Waals surface area contributed by atoms with E-state index in [4.69, 9.17) is 21.7 Å². The largest absolute Gasteiger partial charge is 0.480 e. The second-order valence-electron chi connectivity index (χ2n) is 9.25. The summed E-state index contributed by atoms with van der Waals surface area (Å²) in [6.07, 6.45) is 5.43. The molecule has 0 spiro atoms. The number of rotatable bonds is 8. The lowest BCUT2D eigenvalue weighted by Crippen LogP contribution is -2.48. The molecular formula is C24H28ClN7O3S2. The summed E-state index contributed by atoms with van der Waals surface area (Å²) in [5.41, 5.74) is 1.07. The smallest absolute Gasteiger partial charge is 0.317 e. The molecule has 0 saturated carbocycles. The summed E-state index contributed by atoms with van der Waals surface area (Å²) in [4.78, 5) is 45.8. The highest BCUT2D eigenvalue weighted by molar-refractivity contribution is 7.17. The van der Waals surface area contributed by atoms with Gasteiger partial charge in [-0.15, -0.1) is 11.3 Å². The number of carboxylic acid groups (broad SMARTS) is 1. The number of carbonyl (C=O) groups is 2. The summed E-state index contributed by atoms with van der Waals surface area (Å²) in [5, 5.41) is 14.9. The van der Waals surface area contributed by atoms with Gasteiger partial charge < -0.3 is 10.0 Å². The number of carboxylic acids is 1. The minimum Gasteiger partial charge on any atom is -0.480 e. The van der Waals surface area contributed by atoms with Gasteiger partial charge in [0.05, 0.1) is 34.5 Å². The fourth-order valence-electron chi connectivity index (χ4n) is 4.64. The molecule has 2 aliphatic rings. The van der Waals surface area contributed by atoms with E-state index >= 15 is 0 Å².